The smallest absolute Gasteiger partial charge is 0.322 e. The standard InChI is InChI=1S/C14H22N2O2/c1-8-10(3)14(16(5)6)11(4)9(2)13(8)15-7-12(17)18/h15H,7H2,1-6H3,(H,17,18). The highest BCUT2D eigenvalue weighted by molar-refractivity contribution is 5.78. The lowest BCUT2D eigenvalue weighted by atomic mass is 9.95. The van der Waals surface area contributed by atoms with Crippen molar-refractivity contribution in [2.75, 3.05) is 30.9 Å². The average Bonchev–Trinajstić information content (AvgIpc) is 2.26. The first-order valence-corrected chi connectivity index (χ1v) is 6.00. The second-order valence-electron chi connectivity index (χ2n) is 4.87. The summed E-state index contributed by atoms with van der Waals surface area (Å²) in [5.41, 5.74) is 6.77. The summed E-state index contributed by atoms with van der Waals surface area (Å²) in [6, 6.07) is 0. The van der Waals surface area contributed by atoms with E-state index in [1.807, 2.05) is 27.9 Å². The van der Waals surface area contributed by atoms with Crippen LogP contribution in [0, 0.1) is 27.7 Å². The summed E-state index contributed by atoms with van der Waals surface area (Å²) in [6.45, 7) is 8.14. The molecule has 1 aromatic carbocycles. The normalized spacial score (nSPS) is 10.3. The first kappa shape index (κ1) is 14.4. The Morgan fingerprint density at radius 1 is 1.06 bits per heavy atom. The summed E-state index contributed by atoms with van der Waals surface area (Å²) in [7, 11) is 4.05. The number of anilines is 2. The van der Waals surface area contributed by atoms with Gasteiger partial charge in [-0.3, -0.25) is 4.79 Å². The minimum Gasteiger partial charge on any atom is -0.480 e. The fraction of sp³-hybridized carbons (Fsp3) is 0.500. The zero-order valence-corrected chi connectivity index (χ0v) is 12.0. The molecule has 1 aromatic rings. The van der Waals surface area contributed by atoms with E-state index in [1.165, 1.54) is 16.8 Å². The van der Waals surface area contributed by atoms with Crippen molar-refractivity contribution in [3.05, 3.63) is 22.3 Å². The highest BCUT2D eigenvalue weighted by Crippen LogP contribution is 2.35. The number of hydrogen-bond acceptors (Lipinski definition) is 3. The van der Waals surface area contributed by atoms with Crippen LogP contribution >= 0.6 is 0 Å². The molecule has 0 aromatic heterocycles. The third-order valence-corrected chi connectivity index (χ3v) is 3.45. The van der Waals surface area contributed by atoms with Crippen LogP contribution in [0.3, 0.4) is 0 Å². The maximum Gasteiger partial charge on any atom is 0.322 e. The quantitative estimate of drug-likeness (QED) is 0.862. The third kappa shape index (κ3) is 2.58. The molecule has 4 nitrogen and oxygen atoms in total. The van der Waals surface area contributed by atoms with Gasteiger partial charge in [0, 0.05) is 25.5 Å². The van der Waals surface area contributed by atoms with Gasteiger partial charge in [-0.15, -0.1) is 0 Å². The number of benzene rings is 1. The monoisotopic (exact) mass is 250 g/mol. The van der Waals surface area contributed by atoms with Crippen LogP contribution in [-0.4, -0.2) is 31.7 Å². The van der Waals surface area contributed by atoms with Gasteiger partial charge in [0.1, 0.15) is 6.54 Å². The van der Waals surface area contributed by atoms with Crippen LogP contribution in [0.1, 0.15) is 22.3 Å². The van der Waals surface area contributed by atoms with E-state index in [-0.39, 0.29) is 6.54 Å². The number of rotatable bonds is 4. The first-order valence-electron chi connectivity index (χ1n) is 6.00. The second-order valence-corrected chi connectivity index (χ2v) is 4.87. The molecule has 0 saturated heterocycles. The minimum absolute atomic E-state index is 0.0537. The fourth-order valence-electron chi connectivity index (χ4n) is 2.39. The van der Waals surface area contributed by atoms with E-state index in [4.69, 9.17) is 5.11 Å². The lowest BCUT2D eigenvalue weighted by Gasteiger charge is -2.25. The van der Waals surface area contributed by atoms with Crippen molar-refractivity contribution in [3.63, 3.8) is 0 Å². The van der Waals surface area contributed by atoms with Gasteiger partial charge in [0.15, 0.2) is 0 Å². The van der Waals surface area contributed by atoms with Crippen molar-refractivity contribution in [1.82, 2.24) is 0 Å². The molecule has 2 N–H and O–H groups in total. The van der Waals surface area contributed by atoms with Crippen molar-refractivity contribution in [2.24, 2.45) is 0 Å². The summed E-state index contributed by atoms with van der Waals surface area (Å²) < 4.78 is 0. The third-order valence-electron chi connectivity index (χ3n) is 3.45. The molecule has 1 rings (SSSR count). The SMILES string of the molecule is Cc1c(C)c(N(C)C)c(C)c(C)c1NCC(=O)O. The molecule has 0 heterocycles. The summed E-state index contributed by atoms with van der Waals surface area (Å²) in [5, 5.41) is 11.8. The van der Waals surface area contributed by atoms with E-state index in [1.54, 1.807) is 0 Å². The van der Waals surface area contributed by atoms with E-state index in [2.05, 4.69) is 24.1 Å². The first-order chi connectivity index (χ1) is 8.27. The van der Waals surface area contributed by atoms with Crippen LogP contribution in [0.25, 0.3) is 0 Å². The highest BCUT2D eigenvalue weighted by atomic mass is 16.4. The van der Waals surface area contributed by atoms with Crippen LogP contribution in [0.4, 0.5) is 11.4 Å². The molecule has 0 saturated carbocycles. The summed E-state index contributed by atoms with van der Waals surface area (Å²) in [4.78, 5) is 12.8. The van der Waals surface area contributed by atoms with Gasteiger partial charge < -0.3 is 15.3 Å². The molecular formula is C14H22N2O2. The van der Waals surface area contributed by atoms with Crippen molar-refractivity contribution in [3.8, 4) is 0 Å². The van der Waals surface area contributed by atoms with E-state index >= 15 is 0 Å². The molecule has 0 unspecified atom stereocenters. The molecule has 4 heteroatoms. The second kappa shape index (κ2) is 5.29. The Hall–Kier alpha value is -1.71. The number of carboxylic acids is 1. The van der Waals surface area contributed by atoms with Gasteiger partial charge in [-0.2, -0.15) is 0 Å². The predicted molar refractivity (Wildman–Crippen MR) is 75.8 cm³/mol. The number of hydrogen-bond donors (Lipinski definition) is 2. The molecule has 0 atom stereocenters. The number of nitrogens with zero attached hydrogens (tertiary/aromatic N) is 1. The summed E-state index contributed by atoms with van der Waals surface area (Å²) in [6.07, 6.45) is 0. The topological polar surface area (TPSA) is 52.6 Å². The molecule has 0 bridgehead atoms. The lowest BCUT2D eigenvalue weighted by Crippen LogP contribution is -2.18. The maximum atomic E-state index is 10.7. The van der Waals surface area contributed by atoms with E-state index in [0.29, 0.717) is 0 Å². The largest absolute Gasteiger partial charge is 0.480 e. The van der Waals surface area contributed by atoms with Gasteiger partial charge in [0.25, 0.3) is 0 Å². The zero-order valence-electron chi connectivity index (χ0n) is 12.0. The lowest BCUT2D eigenvalue weighted by molar-refractivity contribution is -0.134. The number of carbonyl (C=O) groups is 1. The Bertz CT molecular complexity index is 450. The van der Waals surface area contributed by atoms with Gasteiger partial charge >= 0.3 is 5.97 Å². The van der Waals surface area contributed by atoms with Crippen molar-refractivity contribution >= 4 is 17.3 Å². The van der Waals surface area contributed by atoms with E-state index < -0.39 is 5.97 Å². The maximum absolute atomic E-state index is 10.7. The molecule has 0 fully saturated rings. The molecule has 0 spiro atoms. The zero-order chi connectivity index (χ0) is 14.0. The van der Waals surface area contributed by atoms with Crippen molar-refractivity contribution in [1.29, 1.82) is 0 Å². The van der Waals surface area contributed by atoms with Crippen LogP contribution < -0.4 is 10.2 Å². The fourth-order valence-corrected chi connectivity index (χ4v) is 2.39. The number of carboxylic acid groups (broad SMARTS) is 1. The minimum atomic E-state index is -0.846. The van der Waals surface area contributed by atoms with Crippen molar-refractivity contribution < 1.29 is 9.90 Å². The Balaban J connectivity index is 3.34. The molecule has 100 valence electrons. The molecule has 0 radical (unpaired) electrons. The van der Waals surface area contributed by atoms with Crippen molar-refractivity contribution in [2.45, 2.75) is 27.7 Å². The van der Waals surface area contributed by atoms with Gasteiger partial charge in [-0.25, -0.2) is 0 Å². The van der Waals surface area contributed by atoms with Crippen LogP contribution in [0.15, 0.2) is 0 Å². The van der Waals surface area contributed by atoms with Crippen LogP contribution in [0.2, 0.25) is 0 Å². The predicted octanol–water partition coefficient (Wildman–Crippen LogP) is 2.48. The highest BCUT2D eigenvalue weighted by Gasteiger charge is 2.16. The molecule has 0 aliphatic heterocycles. The Morgan fingerprint density at radius 2 is 1.50 bits per heavy atom. The average molecular weight is 250 g/mol. The molecule has 18 heavy (non-hydrogen) atoms. The van der Waals surface area contributed by atoms with Gasteiger partial charge in [0.05, 0.1) is 0 Å². The Kier molecular flexibility index (Phi) is 4.22. The van der Waals surface area contributed by atoms with Gasteiger partial charge in [-0.05, 0) is 49.9 Å². The van der Waals surface area contributed by atoms with Crippen LogP contribution in [-0.2, 0) is 4.79 Å². The van der Waals surface area contributed by atoms with Crippen LogP contribution in [0.5, 0.6) is 0 Å². The van der Waals surface area contributed by atoms with E-state index in [9.17, 15) is 4.79 Å². The number of aliphatic carboxylic acids is 1. The molecular weight excluding hydrogens is 228 g/mol. The Morgan fingerprint density at radius 3 is 1.83 bits per heavy atom. The summed E-state index contributed by atoms with van der Waals surface area (Å²) >= 11 is 0. The number of nitrogens with one attached hydrogen (secondary N) is 1. The molecule has 0 aliphatic rings. The Labute approximate surface area is 109 Å². The summed E-state index contributed by atoms with van der Waals surface area (Å²) in [5.74, 6) is -0.846. The molecule has 0 amide bonds. The van der Waals surface area contributed by atoms with Gasteiger partial charge in [0.2, 0.25) is 0 Å². The van der Waals surface area contributed by atoms with Gasteiger partial charge in [-0.1, -0.05) is 0 Å². The van der Waals surface area contributed by atoms with E-state index in [0.717, 1.165) is 16.8 Å². The molecule has 0 aliphatic carbocycles.